The van der Waals surface area contributed by atoms with Gasteiger partial charge < -0.3 is 18.8 Å². The van der Waals surface area contributed by atoms with Crippen molar-refractivity contribution < 1.29 is 18.7 Å². The van der Waals surface area contributed by atoms with Crippen molar-refractivity contribution in [3.63, 3.8) is 0 Å². The van der Waals surface area contributed by atoms with Crippen molar-refractivity contribution in [3.05, 3.63) is 74.6 Å². The molecule has 1 amide bonds. The smallest absolute Gasteiger partial charge is 0.290 e. The molecule has 0 radical (unpaired) electrons. The molecule has 1 unspecified atom stereocenters. The predicted octanol–water partition coefficient (Wildman–Crippen LogP) is 5.95. The van der Waals surface area contributed by atoms with Gasteiger partial charge in [-0.1, -0.05) is 38.3 Å². The van der Waals surface area contributed by atoms with Gasteiger partial charge in [-0.25, -0.2) is 0 Å². The highest BCUT2D eigenvalue weighted by Crippen LogP contribution is 2.39. The van der Waals surface area contributed by atoms with Gasteiger partial charge in [0.1, 0.15) is 11.3 Å². The van der Waals surface area contributed by atoms with E-state index in [0.717, 1.165) is 35.3 Å². The van der Waals surface area contributed by atoms with Gasteiger partial charge >= 0.3 is 0 Å². The molecule has 35 heavy (non-hydrogen) atoms. The number of hydrogen-bond acceptors (Lipinski definition) is 5. The first-order valence-electron chi connectivity index (χ1n) is 12.6. The normalized spacial score (nSPS) is 15.1. The molecule has 0 saturated heterocycles. The molecule has 2 heterocycles. The molecule has 0 spiro atoms. The molecule has 1 aliphatic rings. The van der Waals surface area contributed by atoms with E-state index in [1.54, 1.807) is 12.0 Å². The molecule has 1 atom stereocenters. The molecule has 4 rings (SSSR count). The lowest BCUT2D eigenvalue weighted by Gasteiger charge is -2.25. The Bertz CT molecular complexity index is 1240. The maximum atomic E-state index is 13.7. The average Bonchev–Trinajstić information content (AvgIpc) is 3.13. The summed E-state index contributed by atoms with van der Waals surface area (Å²) in [5.74, 6) is 0.677. The third-order valence-corrected chi connectivity index (χ3v) is 6.79. The van der Waals surface area contributed by atoms with Gasteiger partial charge in [-0.2, -0.15) is 0 Å². The number of carbonyl (C=O) groups is 1. The number of benzene rings is 2. The lowest BCUT2D eigenvalue weighted by molar-refractivity contribution is 0.0708. The van der Waals surface area contributed by atoms with Gasteiger partial charge in [-0.05, 0) is 67.6 Å². The summed E-state index contributed by atoms with van der Waals surface area (Å²) in [7, 11) is 1.64. The summed E-state index contributed by atoms with van der Waals surface area (Å²) in [5.41, 5.74) is 3.62. The summed E-state index contributed by atoms with van der Waals surface area (Å²) in [6, 6.07) is 10.9. The molecular weight excluding hydrogens is 442 g/mol. The van der Waals surface area contributed by atoms with Crippen LogP contribution in [0.25, 0.3) is 11.0 Å². The van der Waals surface area contributed by atoms with E-state index in [4.69, 9.17) is 13.9 Å². The van der Waals surface area contributed by atoms with Crippen LogP contribution in [0.1, 0.15) is 77.9 Å². The second kappa shape index (κ2) is 11.1. The largest absolute Gasteiger partial charge is 0.494 e. The molecule has 0 saturated carbocycles. The zero-order valence-electron chi connectivity index (χ0n) is 21.2. The Morgan fingerprint density at radius 3 is 2.40 bits per heavy atom. The minimum absolute atomic E-state index is 0.143. The van der Waals surface area contributed by atoms with E-state index in [9.17, 15) is 9.59 Å². The number of unbranched alkanes of at least 4 members (excludes halogenated alkanes) is 3. The number of fused-ring (bicyclic) bond motifs is 2. The maximum absolute atomic E-state index is 13.7. The monoisotopic (exact) mass is 477 g/mol. The number of rotatable bonds is 11. The summed E-state index contributed by atoms with van der Waals surface area (Å²) in [4.78, 5) is 28.9. The lowest BCUT2D eigenvalue weighted by Crippen LogP contribution is -2.31. The van der Waals surface area contributed by atoms with Gasteiger partial charge in [-0.15, -0.1) is 0 Å². The van der Waals surface area contributed by atoms with Crippen LogP contribution in [0.5, 0.6) is 5.75 Å². The topological polar surface area (TPSA) is 69.0 Å². The minimum atomic E-state index is -0.504. The zero-order valence-corrected chi connectivity index (χ0v) is 21.2. The first-order chi connectivity index (χ1) is 17.0. The fourth-order valence-electron chi connectivity index (χ4n) is 4.70. The first kappa shape index (κ1) is 25.0. The molecule has 6 nitrogen and oxygen atoms in total. The summed E-state index contributed by atoms with van der Waals surface area (Å²) in [6.07, 6.45) is 5.26. The van der Waals surface area contributed by atoms with Crippen molar-refractivity contribution in [1.82, 2.24) is 4.90 Å². The molecule has 1 aromatic heterocycles. The summed E-state index contributed by atoms with van der Waals surface area (Å²) in [6.45, 7) is 7.81. The van der Waals surface area contributed by atoms with Crippen molar-refractivity contribution >= 4 is 16.9 Å². The third-order valence-electron chi connectivity index (χ3n) is 6.79. The van der Waals surface area contributed by atoms with Crippen molar-refractivity contribution in [2.24, 2.45) is 0 Å². The number of hydrogen-bond donors (Lipinski definition) is 0. The SMILES string of the molecule is CCCCCCOc1ccc(C2c3c(oc4cc(C)c(C)cc4c3=O)C(=O)N2CCCOC)cc1. The van der Waals surface area contributed by atoms with E-state index in [2.05, 4.69) is 6.92 Å². The molecule has 0 N–H and O–H groups in total. The number of amides is 1. The van der Waals surface area contributed by atoms with E-state index in [1.165, 1.54) is 12.8 Å². The van der Waals surface area contributed by atoms with Gasteiger partial charge in [0, 0.05) is 20.3 Å². The predicted molar refractivity (Wildman–Crippen MR) is 137 cm³/mol. The van der Waals surface area contributed by atoms with Crippen molar-refractivity contribution in [2.45, 2.75) is 58.9 Å². The number of ether oxygens (including phenoxy) is 2. The van der Waals surface area contributed by atoms with E-state index < -0.39 is 6.04 Å². The van der Waals surface area contributed by atoms with Crippen molar-refractivity contribution in [1.29, 1.82) is 0 Å². The molecule has 0 fully saturated rings. The first-order valence-corrected chi connectivity index (χ1v) is 12.6. The second-order valence-electron chi connectivity index (χ2n) is 9.33. The van der Waals surface area contributed by atoms with Crippen molar-refractivity contribution in [3.8, 4) is 5.75 Å². The van der Waals surface area contributed by atoms with Crippen LogP contribution in [0.3, 0.4) is 0 Å². The van der Waals surface area contributed by atoms with Crippen LogP contribution < -0.4 is 10.2 Å². The number of carbonyl (C=O) groups excluding carboxylic acids is 1. The Morgan fingerprint density at radius 1 is 0.943 bits per heavy atom. The highest BCUT2D eigenvalue weighted by Gasteiger charge is 2.42. The molecule has 1 aliphatic heterocycles. The molecule has 0 aliphatic carbocycles. The van der Waals surface area contributed by atoms with Crippen LogP contribution in [-0.4, -0.2) is 37.7 Å². The van der Waals surface area contributed by atoms with E-state index >= 15 is 0 Å². The minimum Gasteiger partial charge on any atom is -0.494 e. The van der Waals surface area contributed by atoms with Crippen LogP contribution in [0, 0.1) is 13.8 Å². The highest BCUT2D eigenvalue weighted by molar-refractivity contribution is 5.99. The zero-order chi connectivity index (χ0) is 24.9. The Labute approximate surface area is 206 Å². The Hall–Kier alpha value is -3.12. The summed E-state index contributed by atoms with van der Waals surface area (Å²) < 4.78 is 17.2. The van der Waals surface area contributed by atoms with Gasteiger partial charge in [-0.3, -0.25) is 9.59 Å². The average molecular weight is 478 g/mol. The Morgan fingerprint density at radius 2 is 1.69 bits per heavy atom. The lowest BCUT2D eigenvalue weighted by atomic mass is 9.97. The van der Waals surface area contributed by atoms with E-state index in [0.29, 0.717) is 42.7 Å². The fraction of sp³-hybridized carbons (Fsp3) is 0.448. The van der Waals surface area contributed by atoms with Crippen LogP contribution >= 0.6 is 0 Å². The molecule has 6 heteroatoms. The number of nitrogens with zero attached hydrogens (tertiary/aromatic N) is 1. The van der Waals surface area contributed by atoms with Crippen LogP contribution in [0.2, 0.25) is 0 Å². The van der Waals surface area contributed by atoms with Gasteiger partial charge in [0.15, 0.2) is 5.43 Å². The number of aryl methyl sites for hydroxylation is 2. The maximum Gasteiger partial charge on any atom is 0.290 e. The molecule has 2 aromatic carbocycles. The Kier molecular flexibility index (Phi) is 7.91. The fourth-order valence-corrected chi connectivity index (χ4v) is 4.70. The molecular formula is C29H35NO5. The van der Waals surface area contributed by atoms with Gasteiger partial charge in [0.05, 0.1) is 23.6 Å². The van der Waals surface area contributed by atoms with Crippen LogP contribution in [-0.2, 0) is 4.74 Å². The molecule has 186 valence electrons. The second-order valence-corrected chi connectivity index (χ2v) is 9.33. The van der Waals surface area contributed by atoms with Crippen molar-refractivity contribution in [2.75, 3.05) is 26.9 Å². The van der Waals surface area contributed by atoms with E-state index in [-0.39, 0.29) is 17.1 Å². The quantitative estimate of drug-likeness (QED) is 0.319. The molecule has 0 bridgehead atoms. The Balaban J connectivity index is 1.70. The van der Waals surface area contributed by atoms with E-state index in [1.807, 2.05) is 50.2 Å². The summed E-state index contributed by atoms with van der Waals surface area (Å²) in [5, 5.41) is 0.510. The standard InChI is InChI=1S/C29H35NO5/c1-5-6-7-8-16-34-22-12-10-21(11-13-22)26-25-27(31)23-17-19(2)20(3)18-24(23)35-28(25)29(32)30(26)14-9-15-33-4/h10-13,17-18,26H,5-9,14-16H2,1-4H3. The summed E-state index contributed by atoms with van der Waals surface area (Å²) >= 11 is 0. The van der Waals surface area contributed by atoms with Gasteiger partial charge in [0.25, 0.3) is 5.91 Å². The third kappa shape index (κ3) is 5.13. The number of methoxy groups -OCH3 is 1. The van der Waals surface area contributed by atoms with Crippen LogP contribution in [0.15, 0.2) is 45.6 Å². The van der Waals surface area contributed by atoms with Crippen LogP contribution in [0.4, 0.5) is 0 Å². The highest BCUT2D eigenvalue weighted by atomic mass is 16.5. The van der Waals surface area contributed by atoms with Gasteiger partial charge in [0.2, 0.25) is 5.76 Å². The molecule has 3 aromatic rings.